The zero-order chi connectivity index (χ0) is 16.3. The summed E-state index contributed by atoms with van der Waals surface area (Å²) in [6.45, 7) is 13.0. The number of ether oxygens (including phenoxy) is 1. The molecule has 2 atom stereocenters. The Morgan fingerprint density at radius 3 is 2.33 bits per heavy atom. The van der Waals surface area contributed by atoms with Crippen molar-refractivity contribution in [2.75, 3.05) is 19.7 Å². The number of hydrogen-bond donors (Lipinski definition) is 1. The molecule has 4 nitrogen and oxygen atoms in total. The number of rotatable bonds is 12. The molecule has 0 bridgehead atoms. The summed E-state index contributed by atoms with van der Waals surface area (Å²) in [5.41, 5.74) is 5.19. The second kappa shape index (κ2) is 11.0. The van der Waals surface area contributed by atoms with Gasteiger partial charge in [-0.3, -0.25) is 4.79 Å². The summed E-state index contributed by atoms with van der Waals surface area (Å²) in [6, 6.07) is 0.630. The molecule has 0 amide bonds. The monoisotopic (exact) mass is 300 g/mol. The molecule has 21 heavy (non-hydrogen) atoms. The summed E-state index contributed by atoms with van der Waals surface area (Å²) >= 11 is 0. The van der Waals surface area contributed by atoms with Crippen molar-refractivity contribution in [3.05, 3.63) is 0 Å². The van der Waals surface area contributed by atoms with Gasteiger partial charge in [0.05, 0.1) is 6.61 Å². The van der Waals surface area contributed by atoms with Crippen LogP contribution >= 0.6 is 0 Å². The second-order valence-corrected chi connectivity index (χ2v) is 6.24. The molecule has 0 saturated carbocycles. The molecule has 0 rings (SSSR count). The molecule has 0 spiro atoms. The number of hydrogen-bond acceptors (Lipinski definition) is 4. The zero-order valence-corrected chi connectivity index (χ0v) is 14.8. The Morgan fingerprint density at radius 2 is 1.81 bits per heavy atom. The Hall–Kier alpha value is -0.610. The quantitative estimate of drug-likeness (QED) is 0.443. The van der Waals surface area contributed by atoms with Crippen LogP contribution in [0.4, 0.5) is 0 Å². The van der Waals surface area contributed by atoms with Crippen LogP contribution in [-0.2, 0) is 9.53 Å². The molecule has 4 heteroatoms. The molecule has 0 aliphatic carbocycles. The molecular weight excluding hydrogens is 264 g/mol. The summed E-state index contributed by atoms with van der Waals surface area (Å²) in [5.74, 6) is -0.283. The van der Waals surface area contributed by atoms with E-state index < -0.39 is 5.54 Å². The topological polar surface area (TPSA) is 55.6 Å². The number of unbranched alkanes of at least 4 members (excludes halogenated alkanes) is 2. The van der Waals surface area contributed by atoms with Gasteiger partial charge in [0, 0.05) is 6.04 Å². The third kappa shape index (κ3) is 8.42. The predicted molar refractivity (Wildman–Crippen MR) is 89.3 cm³/mol. The normalized spacial score (nSPS) is 15.8. The third-order valence-electron chi connectivity index (χ3n) is 4.15. The maximum absolute atomic E-state index is 11.7. The van der Waals surface area contributed by atoms with Crippen molar-refractivity contribution in [1.29, 1.82) is 0 Å². The van der Waals surface area contributed by atoms with Crippen molar-refractivity contribution in [2.24, 2.45) is 5.73 Å². The van der Waals surface area contributed by atoms with Crippen LogP contribution < -0.4 is 5.73 Å². The van der Waals surface area contributed by atoms with E-state index in [4.69, 9.17) is 10.5 Å². The number of nitrogens with two attached hydrogens (primary N) is 1. The van der Waals surface area contributed by atoms with E-state index >= 15 is 0 Å². The molecule has 0 aliphatic heterocycles. The molecule has 0 aromatic rings. The van der Waals surface area contributed by atoms with E-state index in [0.717, 1.165) is 19.4 Å². The van der Waals surface area contributed by atoms with Gasteiger partial charge in [0.2, 0.25) is 0 Å². The molecule has 0 fully saturated rings. The van der Waals surface area contributed by atoms with Crippen LogP contribution in [0.25, 0.3) is 0 Å². The Labute approximate surface area is 131 Å². The highest BCUT2D eigenvalue weighted by Crippen LogP contribution is 2.14. The lowest BCUT2D eigenvalue weighted by atomic mass is 9.96. The molecule has 0 heterocycles. The van der Waals surface area contributed by atoms with Gasteiger partial charge in [-0.2, -0.15) is 0 Å². The van der Waals surface area contributed by atoms with Crippen LogP contribution in [0.5, 0.6) is 0 Å². The van der Waals surface area contributed by atoms with Crippen LogP contribution in [0.15, 0.2) is 0 Å². The minimum absolute atomic E-state index is 0.283. The summed E-state index contributed by atoms with van der Waals surface area (Å²) in [4.78, 5) is 14.3. The molecular formula is C17H36N2O2. The number of carbonyl (C=O) groups is 1. The van der Waals surface area contributed by atoms with Gasteiger partial charge >= 0.3 is 5.97 Å². The Bertz CT molecular complexity index is 280. The summed E-state index contributed by atoms with van der Waals surface area (Å²) in [6.07, 6.45) is 6.40. The van der Waals surface area contributed by atoms with E-state index in [1.807, 2.05) is 6.92 Å². The highest BCUT2D eigenvalue weighted by molar-refractivity contribution is 5.79. The van der Waals surface area contributed by atoms with Gasteiger partial charge in [0.15, 0.2) is 0 Å². The maximum atomic E-state index is 11.7. The third-order valence-corrected chi connectivity index (χ3v) is 4.15. The van der Waals surface area contributed by atoms with Crippen LogP contribution in [0.3, 0.4) is 0 Å². The highest BCUT2D eigenvalue weighted by Gasteiger charge is 2.29. The molecule has 2 unspecified atom stereocenters. The van der Waals surface area contributed by atoms with Crippen molar-refractivity contribution in [2.45, 2.75) is 84.7 Å². The number of carbonyl (C=O) groups excluding carboxylic acids is 1. The van der Waals surface area contributed by atoms with E-state index in [1.165, 1.54) is 25.8 Å². The minimum Gasteiger partial charge on any atom is -0.465 e. The second-order valence-electron chi connectivity index (χ2n) is 6.24. The Balaban J connectivity index is 4.11. The number of nitrogens with zero attached hydrogens (tertiary/aromatic N) is 1. The van der Waals surface area contributed by atoms with Gasteiger partial charge in [-0.15, -0.1) is 0 Å². The average Bonchev–Trinajstić information content (AvgIpc) is 2.45. The summed E-state index contributed by atoms with van der Waals surface area (Å²) in [7, 11) is 0. The molecule has 2 N–H and O–H groups in total. The lowest BCUT2D eigenvalue weighted by molar-refractivity contribution is -0.149. The Kier molecular flexibility index (Phi) is 10.7. The van der Waals surface area contributed by atoms with Crippen molar-refractivity contribution in [3.63, 3.8) is 0 Å². The van der Waals surface area contributed by atoms with Crippen LogP contribution in [-0.4, -0.2) is 42.1 Å². The van der Waals surface area contributed by atoms with E-state index in [9.17, 15) is 4.79 Å². The van der Waals surface area contributed by atoms with Gasteiger partial charge in [0.25, 0.3) is 0 Å². The van der Waals surface area contributed by atoms with E-state index in [-0.39, 0.29) is 5.97 Å². The van der Waals surface area contributed by atoms with Gasteiger partial charge in [-0.25, -0.2) is 0 Å². The fourth-order valence-electron chi connectivity index (χ4n) is 2.38. The fraction of sp³-hybridized carbons (Fsp3) is 0.941. The van der Waals surface area contributed by atoms with Crippen LogP contribution in [0.1, 0.15) is 73.1 Å². The first-order valence-corrected chi connectivity index (χ1v) is 8.59. The van der Waals surface area contributed by atoms with Crippen molar-refractivity contribution < 1.29 is 9.53 Å². The van der Waals surface area contributed by atoms with Crippen molar-refractivity contribution in [1.82, 2.24) is 4.90 Å². The van der Waals surface area contributed by atoms with Crippen molar-refractivity contribution >= 4 is 5.97 Å². The molecule has 126 valence electrons. The van der Waals surface area contributed by atoms with Gasteiger partial charge in [0.1, 0.15) is 5.54 Å². The van der Waals surface area contributed by atoms with Crippen LogP contribution in [0, 0.1) is 0 Å². The van der Waals surface area contributed by atoms with E-state index in [0.29, 0.717) is 19.1 Å². The molecule has 0 aromatic carbocycles. The zero-order valence-electron chi connectivity index (χ0n) is 14.8. The van der Waals surface area contributed by atoms with Crippen molar-refractivity contribution in [3.8, 4) is 0 Å². The largest absolute Gasteiger partial charge is 0.465 e. The first kappa shape index (κ1) is 20.4. The predicted octanol–water partition coefficient (Wildman–Crippen LogP) is 3.34. The summed E-state index contributed by atoms with van der Waals surface area (Å²) in [5, 5.41) is 0. The molecule has 0 saturated heterocycles. The average molecular weight is 300 g/mol. The van der Waals surface area contributed by atoms with Crippen LogP contribution in [0.2, 0.25) is 0 Å². The maximum Gasteiger partial charge on any atom is 0.325 e. The van der Waals surface area contributed by atoms with Gasteiger partial charge in [-0.1, -0.05) is 20.3 Å². The highest BCUT2D eigenvalue weighted by atomic mass is 16.5. The smallest absolute Gasteiger partial charge is 0.325 e. The molecule has 0 aliphatic rings. The molecule has 0 radical (unpaired) electrons. The fourth-order valence-corrected chi connectivity index (χ4v) is 2.38. The summed E-state index contributed by atoms with van der Waals surface area (Å²) < 4.78 is 5.02. The van der Waals surface area contributed by atoms with Gasteiger partial charge in [-0.05, 0) is 66.0 Å². The molecule has 0 aromatic heterocycles. The lowest BCUT2D eigenvalue weighted by Crippen LogP contribution is -2.46. The Morgan fingerprint density at radius 1 is 1.19 bits per heavy atom. The van der Waals surface area contributed by atoms with E-state index in [2.05, 4.69) is 25.7 Å². The minimum atomic E-state index is -0.847. The van der Waals surface area contributed by atoms with Gasteiger partial charge < -0.3 is 15.4 Å². The SMILES string of the molecule is CCCCN(CCCCC(C)(N)C(=O)OCC)C(C)CC. The standard InChI is InChI=1S/C17H36N2O2/c1-6-9-13-19(15(4)7-2)14-11-10-12-17(5,18)16(20)21-8-3/h15H,6-14,18H2,1-5H3. The van der Waals surface area contributed by atoms with E-state index in [1.54, 1.807) is 6.92 Å². The first-order valence-electron chi connectivity index (χ1n) is 8.59. The lowest BCUT2D eigenvalue weighted by Gasteiger charge is -2.29. The first-order chi connectivity index (χ1) is 9.88. The number of esters is 1.